The van der Waals surface area contributed by atoms with Crippen LogP contribution in [0.25, 0.3) is 0 Å². The number of nitrogens with zero attached hydrogens (tertiary/aromatic N) is 2. The van der Waals surface area contributed by atoms with Gasteiger partial charge in [0.05, 0.1) is 6.33 Å². The van der Waals surface area contributed by atoms with Crippen LogP contribution in [0.5, 0.6) is 0 Å². The predicted molar refractivity (Wildman–Crippen MR) is 53.7 cm³/mol. The molecule has 0 aliphatic rings. The van der Waals surface area contributed by atoms with E-state index in [2.05, 4.69) is 57.6 Å². The van der Waals surface area contributed by atoms with Crippen LogP contribution in [-0.4, -0.2) is 17.5 Å². The van der Waals surface area contributed by atoms with Crippen molar-refractivity contribution in [1.82, 2.24) is 9.22 Å². The third kappa shape index (κ3) is 1.82. The van der Waals surface area contributed by atoms with Crippen molar-refractivity contribution in [2.75, 3.05) is 0 Å². The molecule has 0 atom stereocenters. The van der Waals surface area contributed by atoms with Crippen molar-refractivity contribution >= 4 is 30.8 Å². The highest BCUT2D eigenvalue weighted by Crippen LogP contribution is 2.08. The van der Waals surface area contributed by atoms with Crippen LogP contribution in [0.1, 0.15) is 0 Å². The van der Waals surface area contributed by atoms with E-state index in [4.69, 9.17) is 0 Å². The molecule has 0 saturated carbocycles. The fraction of sp³-hybridized carbons (Fsp3) is 0.500. The minimum atomic E-state index is -1.16. The topological polar surface area (TPSA) is 17.8 Å². The second-order valence-electron chi connectivity index (χ2n) is 3.27. The van der Waals surface area contributed by atoms with Crippen LogP contribution in [0.2, 0.25) is 19.6 Å². The Morgan fingerprint density at radius 2 is 2.10 bits per heavy atom. The van der Waals surface area contributed by atoms with Crippen LogP contribution in [0.3, 0.4) is 0 Å². The molecule has 0 bridgehead atoms. The van der Waals surface area contributed by atoms with E-state index in [1.165, 1.54) is 0 Å². The highest BCUT2D eigenvalue weighted by molar-refractivity contribution is 14.1. The van der Waals surface area contributed by atoms with Gasteiger partial charge in [0, 0.05) is 6.20 Å². The van der Waals surface area contributed by atoms with Crippen LogP contribution in [0.4, 0.5) is 0 Å². The second kappa shape index (κ2) is 2.65. The molecule has 0 aliphatic carbocycles. The zero-order chi connectivity index (χ0) is 7.78. The Morgan fingerprint density at radius 3 is 2.30 bits per heavy atom. The van der Waals surface area contributed by atoms with E-state index < -0.39 is 8.24 Å². The van der Waals surface area contributed by atoms with E-state index in [9.17, 15) is 0 Å². The summed E-state index contributed by atoms with van der Waals surface area (Å²) in [6.45, 7) is 6.89. The molecule has 0 N–H and O–H groups in total. The molecule has 0 fully saturated rings. The van der Waals surface area contributed by atoms with Crippen LogP contribution in [0, 0.1) is 3.70 Å². The number of imidazole rings is 1. The van der Waals surface area contributed by atoms with Gasteiger partial charge in [-0.05, 0) is 22.6 Å². The Bertz CT molecular complexity index is 226. The summed E-state index contributed by atoms with van der Waals surface area (Å²) in [6.07, 6.45) is 4.03. The van der Waals surface area contributed by atoms with E-state index in [0.29, 0.717) is 0 Å². The molecule has 1 heterocycles. The minimum absolute atomic E-state index is 1.08. The molecular weight excluding hydrogens is 255 g/mol. The molecule has 4 heteroatoms. The molecule has 0 unspecified atom stereocenters. The molecule has 10 heavy (non-hydrogen) atoms. The summed E-state index contributed by atoms with van der Waals surface area (Å²) < 4.78 is 3.33. The average Bonchev–Trinajstić information content (AvgIpc) is 2.11. The number of hydrogen-bond donors (Lipinski definition) is 0. The second-order valence-corrected chi connectivity index (χ2v) is 9.24. The first-order valence-electron chi connectivity index (χ1n) is 3.20. The van der Waals surface area contributed by atoms with Crippen LogP contribution in [-0.2, 0) is 0 Å². The van der Waals surface area contributed by atoms with Gasteiger partial charge in [-0.3, -0.25) is 0 Å². The lowest BCUT2D eigenvalue weighted by molar-refractivity contribution is 1.12. The summed E-state index contributed by atoms with van der Waals surface area (Å²) in [5.41, 5.74) is 0. The molecule has 0 aliphatic heterocycles. The first-order valence-corrected chi connectivity index (χ1v) is 7.73. The highest BCUT2D eigenvalue weighted by atomic mass is 127. The van der Waals surface area contributed by atoms with Gasteiger partial charge in [0.2, 0.25) is 0 Å². The molecule has 0 amide bonds. The Kier molecular flexibility index (Phi) is 2.19. The normalized spacial score (nSPS) is 12.0. The lowest BCUT2D eigenvalue weighted by Crippen LogP contribution is -2.30. The predicted octanol–water partition coefficient (Wildman–Crippen LogP) is 2.17. The molecule has 2 nitrogen and oxygen atoms in total. The monoisotopic (exact) mass is 266 g/mol. The number of hydrogen-bond acceptors (Lipinski definition) is 1. The van der Waals surface area contributed by atoms with Gasteiger partial charge < -0.3 is 4.23 Å². The van der Waals surface area contributed by atoms with Crippen LogP contribution < -0.4 is 0 Å². The van der Waals surface area contributed by atoms with Gasteiger partial charge >= 0.3 is 0 Å². The molecule has 0 aromatic carbocycles. The number of aromatic nitrogens is 2. The summed E-state index contributed by atoms with van der Waals surface area (Å²) in [5.74, 6) is 0. The Morgan fingerprint density at radius 1 is 1.50 bits per heavy atom. The molecule has 0 spiro atoms. The van der Waals surface area contributed by atoms with Crippen molar-refractivity contribution < 1.29 is 0 Å². The Balaban J connectivity index is 2.96. The standard InChI is InChI=1S/C6H11IN2Si/c1-10(2,3)9-4-6(7)8-5-9/h4-5H,1-3H3. The summed E-state index contributed by atoms with van der Waals surface area (Å²) >= 11 is 2.23. The first-order chi connectivity index (χ1) is 4.50. The minimum Gasteiger partial charge on any atom is -0.364 e. The van der Waals surface area contributed by atoms with Gasteiger partial charge in [-0.25, -0.2) is 4.98 Å². The van der Waals surface area contributed by atoms with Crippen molar-refractivity contribution in [2.24, 2.45) is 0 Å². The summed E-state index contributed by atoms with van der Waals surface area (Å²) in [4.78, 5) is 4.17. The third-order valence-corrected chi connectivity index (χ3v) is 3.68. The van der Waals surface area contributed by atoms with Crippen molar-refractivity contribution in [3.05, 3.63) is 16.2 Å². The van der Waals surface area contributed by atoms with Gasteiger partial charge in [-0.15, -0.1) is 0 Å². The molecule has 0 saturated heterocycles. The van der Waals surface area contributed by atoms with E-state index in [1.54, 1.807) is 0 Å². The fourth-order valence-electron chi connectivity index (χ4n) is 0.666. The lowest BCUT2D eigenvalue weighted by Gasteiger charge is -2.16. The van der Waals surface area contributed by atoms with E-state index in [1.807, 2.05) is 6.33 Å². The van der Waals surface area contributed by atoms with Crippen molar-refractivity contribution in [3.8, 4) is 0 Å². The highest BCUT2D eigenvalue weighted by Gasteiger charge is 2.15. The Hall–Kier alpha value is 0.157. The van der Waals surface area contributed by atoms with Gasteiger partial charge in [-0.2, -0.15) is 0 Å². The Labute approximate surface area is 75.9 Å². The summed E-state index contributed by atoms with van der Waals surface area (Å²) in [5, 5.41) is 0. The van der Waals surface area contributed by atoms with Gasteiger partial charge in [-0.1, -0.05) is 19.6 Å². The number of halogens is 1. The quantitative estimate of drug-likeness (QED) is 0.562. The molecule has 1 aromatic rings. The van der Waals surface area contributed by atoms with Crippen molar-refractivity contribution in [1.29, 1.82) is 0 Å². The third-order valence-electron chi connectivity index (χ3n) is 1.33. The van der Waals surface area contributed by atoms with E-state index >= 15 is 0 Å². The maximum atomic E-state index is 4.17. The lowest BCUT2D eigenvalue weighted by atomic mass is 11.0. The average molecular weight is 266 g/mol. The molecule has 1 aromatic heterocycles. The fourth-order valence-corrected chi connectivity index (χ4v) is 2.27. The first kappa shape index (κ1) is 8.26. The molecular formula is C6H11IN2Si. The smallest absolute Gasteiger partial charge is 0.154 e. The van der Waals surface area contributed by atoms with Crippen LogP contribution >= 0.6 is 22.6 Å². The van der Waals surface area contributed by atoms with Gasteiger partial charge in [0.25, 0.3) is 0 Å². The molecule has 0 radical (unpaired) electrons. The summed E-state index contributed by atoms with van der Waals surface area (Å²) in [6, 6.07) is 0. The maximum absolute atomic E-state index is 4.17. The number of rotatable bonds is 1. The maximum Gasteiger partial charge on any atom is 0.154 e. The van der Waals surface area contributed by atoms with Gasteiger partial charge in [0.15, 0.2) is 8.24 Å². The van der Waals surface area contributed by atoms with Crippen molar-refractivity contribution in [2.45, 2.75) is 19.6 Å². The SMILES string of the molecule is C[Si](C)(C)n1cnc(I)c1. The largest absolute Gasteiger partial charge is 0.364 e. The van der Waals surface area contributed by atoms with E-state index in [-0.39, 0.29) is 0 Å². The zero-order valence-corrected chi connectivity index (χ0v) is 9.58. The van der Waals surface area contributed by atoms with E-state index in [0.717, 1.165) is 3.70 Å². The zero-order valence-electron chi connectivity index (χ0n) is 6.43. The van der Waals surface area contributed by atoms with Crippen molar-refractivity contribution in [3.63, 3.8) is 0 Å². The molecule has 1 rings (SSSR count). The summed E-state index contributed by atoms with van der Waals surface area (Å²) in [7, 11) is -1.16. The van der Waals surface area contributed by atoms with Crippen LogP contribution in [0.15, 0.2) is 12.5 Å². The van der Waals surface area contributed by atoms with Gasteiger partial charge in [0.1, 0.15) is 3.70 Å². The molecule has 56 valence electrons.